The van der Waals surface area contributed by atoms with Crippen molar-refractivity contribution in [1.82, 2.24) is 0 Å². The molecule has 386 valence electrons. The summed E-state index contributed by atoms with van der Waals surface area (Å²) in [6.45, 7) is 13.8. The van der Waals surface area contributed by atoms with Gasteiger partial charge in [-0.25, -0.2) is 0 Å². The van der Waals surface area contributed by atoms with Gasteiger partial charge >= 0.3 is 17.9 Å². The molecule has 0 saturated carbocycles. The molecule has 0 heterocycles. The molecule has 0 radical (unpaired) electrons. The first kappa shape index (κ1) is 63.4. The van der Waals surface area contributed by atoms with Crippen molar-refractivity contribution in [3.8, 4) is 0 Å². The Kier molecular flexibility index (Phi) is 49.1. The first-order valence-electron chi connectivity index (χ1n) is 29.1. The number of carbonyl (C=O) groups excluding carboxylic acids is 3. The van der Waals surface area contributed by atoms with E-state index in [1.54, 1.807) is 0 Å². The maximum atomic E-state index is 12.8. The van der Waals surface area contributed by atoms with Crippen LogP contribution in [0.4, 0.5) is 0 Å². The summed E-state index contributed by atoms with van der Waals surface area (Å²) >= 11 is 0. The summed E-state index contributed by atoms with van der Waals surface area (Å²) in [5.74, 6) is 1.69. The highest BCUT2D eigenvalue weighted by atomic mass is 16.6. The molecule has 0 spiro atoms. The quantitative estimate of drug-likeness (QED) is 0.0344. The Hall–Kier alpha value is -1.59. The van der Waals surface area contributed by atoms with E-state index in [-0.39, 0.29) is 31.1 Å². The van der Waals surface area contributed by atoms with Crippen molar-refractivity contribution in [3.05, 3.63) is 0 Å². The lowest BCUT2D eigenvalue weighted by atomic mass is 9.99. The van der Waals surface area contributed by atoms with E-state index in [1.165, 1.54) is 205 Å². The minimum absolute atomic E-state index is 0.0640. The minimum Gasteiger partial charge on any atom is -0.462 e. The zero-order valence-electron chi connectivity index (χ0n) is 44.8. The summed E-state index contributed by atoms with van der Waals surface area (Å²) in [6, 6.07) is 0. The number of unbranched alkanes of at least 4 members (excludes halogenated alkanes) is 34. The van der Waals surface area contributed by atoms with Crippen molar-refractivity contribution in [2.24, 2.45) is 17.8 Å². The molecule has 0 N–H and O–H groups in total. The lowest BCUT2D eigenvalue weighted by molar-refractivity contribution is -0.167. The summed E-state index contributed by atoms with van der Waals surface area (Å²) in [4.78, 5) is 38.1. The van der Waals surface area contributed by atoms with Crippen LogP contribution in [0.5, 0.6) is 0 Å². The fraction of sp³-hybridized carbons (Fsp3) is 0.949. The van der Waals surface area contributed by atoms with E-state index in [0.29, 0.717) is 19.3 Å². The van der Waals surface area contributed by atoms with Gasteiger partial charge in [0, 0.05) is 19.3 Å². The van der Waals surface area contributed by atoms with E-state index >= 15 is 0 Å². The second kappa shape index (κ2) is 50.3. The average molecular weight is 920 g/mol. The molecular weight excluding hydrogens is 805 g/mol. The molecule has 0 fully saturated rings. The average Bonchev–Trinajstić information content (AvgIpc) is 3.28. The molecule has 6 nitrogen and oxygen atoms in total. The summed E-state index contributed by atoms with van der Waals surface area (Å²) in [5.41, 5.74) is 0. The smallest absolute Gasteiger partial charge is 0.306 e. The molecule has 2 atom stereocenters. The Bertz CT molecular complexity index is 1010. The molecule has 0 aliphatic rings. The number of carbonyl (C=O) groups is 3. The van der Waals surface area contributed by atoms with E-state index < -0.39 is 6.10 Å². The Labute approximate surface area is 406 Å². The summed E-state index contributed by atoms with van der Waals surface area (Å²) in [7, 11) is 0. The highest BCUT2D eigenvalue weighted by Crippen LogP contribution is 2.19. The van der Waals surface area contributed by atoms with Crippen LogP contribution in [0.2, 0.25) is 0 Å². The van der Waals surface area contributed by atoms with E-state index in [2.05, 4.69) is 41.5 Å². The highest BCUT2D eigenvalue weighted by Gasteiger charge is 2.19. The molecule has 0 aliphatic heterocycles. The molecule has 0 saturated heterocycles. The normalized spacial score (nSPS) is 12.6. The lowest BCUT2D eigenvalue weighted by Gasteiger charge is -2.18. The van der Waals surface area contributed by atoms with Gasteiger partial charge in [0.1, 0.15) is 13.2 Å². The van der Waals surface area contributed by atoms with Gasteiger partial charge in [0.2, 0.25) is 0 Å². The van der Waals surface area contributed by atoms with Gasteiger partial charge in [0.05, 0.1) is 0 Å². The van der Waals surface area contributed by atoms with Crippen molar-refractivity contribution in [2.45, 2.75) is 330 Å². The number of hydrogen-bond donors (Lipinski definition) is 0. The highest BCUT2D eigenvalue weighted by molar-refractivity contribution is 5.71. The fourth-order valence-electron chi connectivity index (χ4n) is 8.97. The van der Waals surface area contributed by atoms with Crippen LogP contribution in [0.15, 0.2) is 0 Å². The van der Waals surface area contributed by atoms with E-state index in [0.717, 1.165) is 75.5 Å². The molecule has 0 aromatic heterocycles. The molecule has 1 unspecified atom stereocenters. The Morgan fingerprint density at radius 1 is 0.308 bits per heavy atom. The molecule has 0 aromatic carbocycles. The van der Waals surface area contributed by atoms with Crippen molar-refractivity contribution in [2.75, 3.05) is 13.2 Å². The Morgan fingerprint density at radius 3 is 0.800 bits per heavy atom. The predicted molar refractivity (Wildman–Crippen MR) is 279 cm³/mol. The Morgan fingerprint density at radius 2 is 0.538 bits per heavy atom. The van der Waals surface area contributed by atoms with E-state index in [9.17, 15) is 14.4 Å². The van der Waals surface area contributed by atoms with E-state index in [4.69, 9.17) is 14.2 Å². The third-order valence-electron chi connectivity index (χ3n) is 13.8. The molecule has 6 heteroatoms. The predicted octanol–water partition coefficient (Wildman–Crippen LogP) is 19.1. The molecule has 65 heavy (non-hydrogen) atoms. The maximum Gasteiger partial charge on any atom is 0.306 e. The van der Waals surface area contributed by atoms with E-state index in [1.807, 2.05) is 0 Å². The van der Waals surface area contributed by atoms with Gasteiger partial charge in [-0.2, -0.15) is 0 Å². The second-order valence-corrected chi connectivity index (χ2v) is 21.5. The third-order valence-corrected chi connectivity index (χ3v) is 13.8. The summed E-state index contributed by atoms with van der Waals surface area (Å²) in [6.07, 6.45) is 52.4. The molecule has 0 amide bonds. The van der Waals surface area contributed by atoms with Crippen LogP contribution in [0.1, 0.15) is 324 Å². The minimum atomic E-state index is -0.764. The zero-order valence-corrected chi connectivity index (χ0v) is 44.8. The van der Waals surface area contributed by atoms with Crippen molar-refractivity contribution in [1.29, 1.82) is 0 Å². The van der Waals surface area contributed by atoms with Gasteiger partial charge in [-0.1, -0.05) is 286 Å². The molecule has 0 rings (SSSR count). The second-order valence-electron chi connectivity index (χ2n) is 21.5. The number of esters is 3. The van der Waals surface area contributed by atoms with Gasteiger partial charge in [-0.15, -0.1) is 0 Å². The molecule has 0 aliphatic carbocycles. The van der Waals surface area contributed by atoms with Crippen LogP contribution in [0, 0.1) is 17.8 Å². The molecular formula is C59H114O6. The van der Waals surface area contributed by atoms with Crippen LogP contribution in [-0.2, 0) is 28.6 Å². The van der Waals surface area contributed by atoms with Gasteiger partial charge < -0.3 is 14.2 Å². The lowest BCUT2D eigenvalue weighted by Crippen LogP contribution is -2.30. The largest absolute Gasteiger partial charge is 0.462 e. The third kappa shape index (κ3) is 51.6. The summed E-state index contributed by atoms with van der Waals surface area (Å²) in [5, 5.41) is 0. The standard InChI is InChI=1S/C59H114O6/c1-7-55(6)47-41-35-29-22-18-14-11-12-16-20-24-31-37-43-49-58(61)64-52-56(65-59(62)50-44-38-32-26-25-28-34-40-46-54(4)5)51-63-57(60)48-42-36-30-23-19-15-10-8-9-13-17-21-27-33-39-45-53(2)3/h53-56H,7-52H2,1-6H3/t55?,56-/m0/s1. The summed E-state index contributed by atoms with van der Waals surface area (Å²) < 4.78 is 16.9. The van der Waals surface area contributed by atoms with Gasteiger partial charge in [0.15, 0.2) is 6.10 Å². The van der Waals surface area contributed by atoms with Gasteiger partial charge in [-0.05, 0) is 37.0 Å². The first-order valence-corrected chi connectivity index (χ1v) is 29.1. The number of rotatable bonds is 52. The van der Waals surface area contributed by atoms with Gasteiger partial charge in [0.25, 0.3) is 0 Å². The van der Waals surface area contributed by atoms with Crippen molar-refractivity contribution >= 4 is 17.9 Å². The van der Waals surface area contributed by atoms with Crippen LogP contribution >= 0.6 is 0 Å². The number of ether oxygens (including phenoxy) is 3. The fourth-order valence-corrected chi connectivity index (χ4v) is 8.97. The maximum absolute atomic E-state index is 12.8. The van der Waals surface area contributed by atoms with Crippen LogP contribution in [0.25, 0.3) is 0 Å². The van der Waals surface area contributed by atoms with Gasteiger partial charge in [-0.3, -0.25) is 14.4 Å². The molecule has 0 aromatic rings. The topological polar surface area (TPSA) is 78.9 Å². The van der Waals surface area contributed by atoms with Crippen molar-refractivity contribution < 1.29 is 28.6 Å². The monoisotopic (exact) mass is 919 g/mol. The van der Waals surface area contributed by atoms with Crippen molar-refractivity contribution in [3.63, 3.8) is 0 Å². The van der Waals surface area contributed by atoms with Crippen LogP contribution in [0.3, 0.4) is 0 Å². The zero-order chi connectivity index (χ0) is 47.7. The first-order chi connectivity index (χ1) is 31.6. The van der Waals surface area contributed by atoms with Crippen LogP contribution < -0.4 is 0 Å². The van der Waals surface area contributed by atoms with Crippen LogP contribution in [-0.4, -0.2) is 37.2 Å². The number of hydrogen-bond acceptors (Lipinski definition) is 6. The Balaban J connectivity index is 4.24. The molecule has 0 bridgehead atoms. The SMILES string of the molecule is CCC(C)CCCCCCCCCCCCCCCCC(=O)OC[C@H](COC(=O)CCCCCCCCCCCCCCCCCC(C)C)OC(=O)CCCCCCCCCCC(C)C.